The molecule has 2 unspecified atom stereocenters. The highest BCUT2D eigenvalue weighted by atomic mass is 16.9. The van der Waals surface area contributed by atoms with E-state index in [2.05, 4.69) is 13.8 Å². The molecule has 1 aliphatic heterocycles. The zero-order chi connectivity index (χ0) is 17.2. The summed E-state index contributed by atoms with van der Waals surface area (Å²) in [5, 5.41) is 0. The van der Waals surface area contributed by atoms with Gasteiger partial charge in [0.15, 0.2) is 0 Å². The summed E-state index contributed by atoms with van der Waals surface area (Å²) >= 11 is 0. The summed E-state index contributed by atoms with van der Waals surface area (Å²) in [6.07, 6.45) is 8.70. The molecule has 1 fully saturated rings. The molecule has 0 amide bonds. The van der Waals surface area contributed by atoms with E-state index in [1.807, 2.05) is 0 Å². The molecule has 0 aliphatic carbocycles. The molecule has 5 heteroatoms. The maximum absolute atomic E-state index is 5.86. The summed E-state index contributed by atoms with van der Waals surface area (Å²) in [6.45, 7) is 6.31. The van der Waals surface area contributed by atoms with Crippen molar-refractivity contribution in [3.8, 4) is 0 Å². The molecule has 138 valence electrons. The third-order valence-corrected chi connectivity index (χ3v) is 4.75. The van der Waals surface area contributed by atoms with Gasteiger partial charge >= 0.3 is 0 Å². The van der Waals surface area contributed by atoms with Gasteiger partial charge in [-0.25, -0.2) is 0 Å². The van der Waals surface area contributed by atoms with Crippen LogP contribution in [0.1, 0.15) is 58.8 Å². The van der Waals surface area contributed by atoms with Crippen molar-refractivity contribution in [1.82, 2.24) is 0 Å². The van der Waals surface area contributed by atoms with Crippen molar-refractivity contribution < 1.29 is 23.7 Å². The maximum Gasteiger partial charge on any atom is 0.290 e. The number of ether oxygens (including phenoxy) is 5. The Morgan fingerprint density at radius 1 is 0.957 bits per heavy atom. The second-order valence-electron chi connectivity index (χ2n) is 6.72. The SMILES string of the molecule is CCCCCCCCC(C)(COCC1CO1)C(OC)(OC)OC. The van der Waals surface area contributed by atoms with E-state index in [0.29, 0.717) is 13.2 Å². The molecule has 0 N–H and O–H groups in total. The average Bonchev–Trinajstić information content (AvgIpc) is 3.37. The van der Waals surface area contributed by atoms with Crippen LogP contribution in [0.4, 0.5) is 0 Å². The lowest BCUT2D eigenvalue weighted by Crippen LogP contribution is -2.54. The first kappa shape index (κ1) is 20.8. The Hall–Kier alpha value is -0.200. The van der Waals surface area contributed by atoms with Gasteiger partial charge in [-0.1, -0.05) is 45.4 Å². The topological polar surface area (TPSA) is 49.5 Å². The van der Waals surface area contributed by atoms with Crippen LogP contribution >= 0.6 is 0 Å². The Balaban J connectivity index is 2.54. The number of unbranched alkanes of at least 4 members (excludes halogenated alkanes) is 5. The van der Waals surface area contributed by atoms with Gasteiger partial charge in [-0.05, 0) is 13.3 Å². The summed E-state index contributed by atoms with van der Waals surface area (Å²) in [7, 11) is 4.86. The molecule has 23 heavy (non-hydrogen) atoms. The molecule has 0 aromatic heterocycles. The van der Waals surface area contributed by atoms with E-state index >= 15 is 0 Å². The number of hydrogen-bond donors (Lipinski definition) is 0. The molecular formula is C18H36O5. The minimum atomic E-state index is -1.08. The van der Waals surface area contributed by atoms with Crippen LogP contribution in [-0.4, -0.2) is 53.2 Å². The predicted molar refractivity (Wildman–Crippen MR) is 90.4 cm³/mol. The van der Waals surface area contributed by atoms with E-state index in [-0.39, 0.29) is 11.5 Å². The Kier molecular flexibility index (Phi) is 9.63. The first-order chi connectivity index (χ1) is 11.1. The summed E-state index contributed by atoms with van der Waals surface area (Å²) < 4.78 is 27.9. The van der Waals surface area contributed by atoms with Crippen molar-refractivity contribution >= 4 is 0 Å². The minimum Gasteiger partial charge on any atom is -0.378 e. The lowest BCUT2D eigenvalue weighted by atomic mass is 9.82. The molecule has 2 atom stereocenters. The van der Waals surface area contributed by atoms with Crippen LogP contribution in [0, 0.1) is 5.41 Å². The van der Waals surface area contributed by atoms with Crippen LogP contribution in [0.25, 0.3) is 0 Å². The average molecular weight is 332 g/mol. The van der Waals surface area contributed by atoms with Crippen LogP contribution in [0.5, 0.6) is 0 Å². The molecule has 0 radical (unpaired) electrons. The van der Waals surface area contributed by atoms with Gasteiger partial charge in [-0.2, -0.15) is 0 Å². The lowest BCUT2D eigenvalue weighted by Gasteiger charge is -2.44. The van der Waals surface area contributed by atoms with Crippen LogP contribution in [0.3, 0.4) is 0 Å². The molecule has 1 rings (SSSR count). The zero-order valence-corrected chi connectivity index (χ0v) is 15.7. The molecule has 0 bridgehead atoms. The standard InChI is InChI=1S/C18H36O5/c1-6-7-8-9-10-11-12-17(2,15-22-13-16-14-23-16)18(19-3,20-4)21-5/h16H,6-15H2,1-5H3. The van der Waals surface area contributed by atoms with Crippen molar-refractivity contribution in [2.24, 2.45) is 5.41 Å². The highest BCUT2D eigenvalue weighted by molar-refractivity contribution is 4.85. The molecule has 5 nitrogen and oxygen atoms in total. The zero-order valence-electron chi connectivity index (χ0n) is 15.7. The fourth-order valence-corrected chi connectivity index (χ4v) is 3.18. The van der Waals surface area contributed by atoms with Gasteiger partial charge < -0.3 is 23.7 Å². The summed E-state index contributed by atoms with van der Waals surface area (Å²) in [5.41, 5.74) is -0.370. The van der Waals surface area contributed by atoms with Gasteiger partial charge in [-0.3, -0.25) is 0 Å². The van der Waals surface area contributed by atoms with Gasteiger partial charge in [0.05, 0.1) is 25.2 Å². The van der Waals surface area contributed by atoms with Crippen molar-refractivity contribution in [3.63, 3.8) is 0 Å². The molecule has 1 aliphatic rings. The van der Waals surface area contributed by atoms with Crippen LogP contribution in [-0.2, 0) is 23.7 Å². The second kappa shape index (κ2) is 10.6. The van der Waals surface area contributed by atoms with E-state index in [0.717, 1.165) is 19.4 Å². The second-order valence-corrected chi connectivity index (χ2v) is 6.72. The van der Waals surface area contributed by atoms with E-state index in [1.54, 1.807) is 21.3 Å². The van der Waals surface area contributed by atoms with Gasteiger partial charge in [-0.15, -0.1) is 0 Å². The number of hydrogen-bond acceptors (Lipinski definition) is 5. The quantitative estimate of drug-likeness (QED) is 0.260. The summed E-state index contributed by atoms with van der Waals surface area (Å²) in [4.78, 5) is 0. The summed E-state index contributed by atoms with van der Waals surface area (Å²) in [6, 6.07) is 0. The Labute approximate surface area is 142 Å². The molecule has 0 spiro atoms. The van der Waals surface area contributed by atoms with E-state index < -0.39 is 5.97 Å². The maximum atomic E-state index is 5.86. The molecule has 0 aromatic rings. The fourth-order valence-electron chi connectivity index (χ4n) is 3.18. The number of rotatable bonds is 15. The Morgan fingerprint density at radius 2 is 1.52 bits per heavy atom. The molecule has 1 heterocycles. The Morgan fingerprint density at radius 3 is 2.04 bits per heavy atom. The highest BCUT2D eigenvalue weighted by Gasteiger charge is 2.50. The molecule has 0 saturated carbocycles. The highest BCUT2D eigenvalue weighted by Crippen LogP contribution is 2.41. The first-order valence-electron chi connectivity index (χ1n) is 8.92. The van der Waals surface area contributed by atoms with E-state index in [9.17, 15) is 0 Å². The van der Waals surface area contributed by atoms with Crippen LogP contribution in [0.15, 0.2) is 0 Å². The number of methoxy groups -OCH3 is 3. The third kappa shape index (κ3) is 6.31. The van der Waals surface area contributed by atoms with Gasteiger partial charge in [0, 0.05) is 21.3 Å². The molecule has 0 aromatic carbocycles. The van der Waals surface area contributed by atoms with E-state index in [1.165, 1.54) is 32.1 Å². The normalized spacial score (nSPS) is 20.5. The lowest BCUT2D eigenvalue weighted by molar-refractivity contribution is -0.410. The van der Waals surface area contributed by atoms with Gasteiger partial charge in [0.2, 0.25) is 0 Å². The summed E-state index contributed by atoms with van der Waals surface area (Å²) in [5.74, 6) is -1.08. The molecular weight excluding hydrogens is 296 g/mol. The third-order valence-electron chi connectivity index (χ3n) is 4.75. The fraction of sp³-hybridized carbons (Fsp3) is 1.00. The Bertz CT molecular complexity index is 294. The predicted octanol–water partition coefficient (Wildman–Crippen LogP) is 3.75. The largest absolute Gasteiger partial charge is 0.378 e. The van der Waals surface area contributed by atoms with Crippen molar-refractivity contribution in [2.75, 3.05) is 41.2 Å². The van der Waals surface area contributed by atoms with Crippen LogP contribution < -0.4 is 0 Å². The van der Waals surface area contributed by atoms with Crippen molar-refractivity contribution in [1.29, 1.82) is 0 Å². The minimum absolute atomic E-state index is 0.260. The monoisotopic (exact) mass is 332 g/mol. The van der Waals surface area contributed by atoms with E-state index in [4.69, 9.17) is 23.7 Å². The van der Waals surface area contributed by atoms with Gasteiger partial charge in [0.25, 0.3) is 5.97 Å². The smallest absolute Gasteiger partial charge is 0.290 e. The van der Waals surface area contributed by atoms with Crippen LogP contribution in [0.2, 0.25) is 0 Å². The first-order valence-corrected chi connectivity index (χ1v) is 8.92. The van der Waals surface area contributed by atoms with Gasteiger partial charge in [0.1, 0.15) is 6.10 Å². The number of epoxide rings is 1. The van der Waals surface area contributed by atoms with Crippen molar-refractivity contribution in [3.05, 3.63) is 0 Å². The molecule has 1 saturated heterocycles. The van der Waals surface area contributed by atoms with Crippen molar-refractivity contribution in [2.45, 2.75) is 70.9 Å².